The van der Waals surface area contributed by atoms with Gasteiger partial charge < -0.3 is 24.4 Å². The fourth-order valence-corrected chi connectivity index (χ4v) is 3.41. The summed E-state index contributed by atoms with van der Waals surface area (Å²) in [7, 11) is 3.36. The minimum Gasteiger partial charge on any atom is -0.490 e. The lowest BCUT2D eigenvalue weighted by atomic mass is 10.2. The van der Waals surface area contributed by atoms with Crippen molar-refractivity contribution in [2.75, 3.05) is 66.7 Å². The standard InChI is InChI=1S/C20H30BrN5O4S/c1-4-29-17-12-15(11-16(21)19(17)30-14-18(27)25(2)3)13-23-24-20(31)22-5-6-26-7-9-28-10-8-26/h11-13H,4-10,14H2,1-3H3,(H2,22,24,31). The number of ether oxygens (including phenoxy) is 3. The molecule has 0 aliphatic carbocycles. The molecule has 1 heterocycles. The third kappa shape index (κ3) is 8.98. The molecule has 0 atom stereocenters. The van der Waals surface area contributed by atoms with E-state index < -0.39 is 0 Å². The summed E-state index contributed by atoms with van der Waals surface area (Å²) in [6.45, 7) is 7.35. The van der Waals surface area contributed by atoms with Gasteiger partial charge in [0.1, 0.15) is 0 Å². The van der Waals surface area contributed by atoms with Gasteiger partial charge in [0.2, 0.25) is 0 Å². The van der Waals surface area contributed by atoms with Crippen molar-refractivity contribution in [1.82, 2.24) is 20.5 Å². The maximum atomic E-state index is 11.8. The van der Waals surface area contributed by atoms with Gasteiger partial charge in [-0.15, -0.1) is 0 Å². The predicted molar refractivity (Wildman–Crippen MR) is 128 cm³/mol. The Bertz CT molecular complexity index is 772. The number of morpholine rings is 1. The van der Waals surface area contributed by atoms with Crippen LogP contribution < -0.4 is 20.2 Å². The van der Waals surface area contributed by atoms with E-state index in [0.717, 1.165) is 45.0 Å². The van der Waals surface area contributed by atoms with Crippen molar-refractivity contribution >= 4 is 45.4 Å². The smallest absolute Gasteiger partial charge is 0.259 e. The summed E-state index contributed by atoms with van der Waals surface area (Å²) < 4.78 is 17.3. The molecule has 0 spiro atoms. The van der Waals surface area contributed by atoms with Gasteiger partial charge in [-0.25, -0.2) is 0 Å². The van der Waals surface area contributed by atoms with Crippen molar-refractivity contribution in [1.29, 1.82) is 0 Å². The third-order valence-electron chi connectivity index (χ3n) is 4.37. The second-order valence-electron chi connectivity index (χ2n) is 6.92. The van der Waals surface area contributed by atoms with E-state index in [1.807, 2.05) is 13.0 Å². The average Bonchev–Trinajstić information content (AvgIpc) is 2.74. The molecule has 11 heteroatoms. The number of carbonyl (C=O) groups is 1. The number of rotatable bonds is 10. The maximum absolute atomic E-state index is 11.8. The molecular formula is C20H30BrN5O4S. The lowest BCUT2D eigenvalue weighted by Gasteiger charge is -2.26. The molecule has 172 valence electrons. The zero-order chi connectivity index (χ0) is 22.6. The van der Waals surface area contributed by atoms with E-state index in [4.69, 9.17) is 26.4 Å². The van der Waals surface area contributed by atoms with Crippen LogP contribution in [-0.4, -0.2) is 93.7 Å². The van der Waals surface area contributed by atoms with Crippen LogP contribution in [-0.2, 0) is 9.53 Å². The molecule has 0 bridgehead atoms. The third-order valence-corrected chi connectivity index (χ3v) is 5.19. The Morgan fingerprint density at radius 3 is 2.77 bits per heavy atom. The van der Waals surface area contributed by atoms with Crippen LogP contribution in [0.2, 0.25) is 0 Å². The van der Waals surface area contributed by atoms with Crippen molar-refractivity contribution in [2.45, 2.75) is 6.92 Å². The first-order valence-corrected chi connectivity index (χ1v) is 11.3. The molecule has 0 saturated carbocycles. The summed E-state index contributed by atoms with van der Waals surface area (Å²) in [5.74, 6) is 0.859. The summed E-state index contributed by atoms with van der Waals surface area (Å²) in [4.78, 5) is 15.6. The van der Waals surface area contributed by atoms with Gasteiger partial charge in [-0.2, -0.15) is 5.10 Å². The number of benzene rings is 1. The topological polar surface area (TPSA) is 87.7 Å². The molecule has 1 aromatic carbocycles. The number of hydrogen-bond acceptors (Lipinski definition) is 7. The van der Waals surface area contributed by atoms with Crippen LogP contribution in [0.15, 0.2) is 21.7 Å². The SMILES string of the molecule is CCOc1cc(C=NNC(=S)NCCN2CCOCC2)cc(Br)c1OCC(=O)N(C)C. The van der Waals surface area contributed by atoms with Crippen LogP contribution in [0, 0.1) is 0 Å². The fraction of sp³-hybridized carbons (Fsp3) is 0.550. The summed E-state index contributed by atoms with van der Waals surface area (Å²) in [5, 5.41) is 7.78. The van der Waals surface area contributed by atoms with Crippen molar-refractivity contribution in [2.24, 2.45) is 5.10 Å². The molecule has 0 radical (unpaired) electrons. The first-order chi connectivity index (χ1) is 14.9. The molecule has 31 heavy (non-hydrogen) atoms. The van der Waals surface area contributed by atoms with Crippen molar-refractivity contribution in [3.05, 3.63) is 22.2 Å². The molecule has 2 N–H and O–H groups in total. The average molecular weight is 516 g/mol. The van der Waals surface area contributed by atoms with Gasteiger partial charge in [0, 0.05) is 40.3 Å². The highest BCUT2D eigenvalue weighted by atomic mass is 79.9. The predicted octanol–water partition coefficient (Wildman–Crippen LogP) is 1.45. The Kier molecular flexibility index (Phi) is 11.0. The lowest BCUT2D eigenvalue weighted by Crippen LogP contribution is -2.42. The molecular weight excluding hydrogens is 486 g/mol. The summed E-state index contributed by atoms with van der Waals surface area (Å²) in [6.07, 6.45) is 1.64. The second-order valence-corrected chi connectivity index (χ2v) is 8.18. The second kappa shape index (κ2) is 13.5. The van der Waals surface area contributed by atoms with Crippen LogP contribution in [0.4, 0.5) is 0 Å². The normalized spacial score (nSPS) is 14.3. The number of nitrogens with one attached hydrogen (secondary N) is 2. The molecule has 9 nitrogen and oxygen atoms in total. The number of carbonyl (C=O) groups excluding carboxylic acids is 1. The number of amides is 1. The van der Waals surface area contributed by atoms with Crippen LogP contribution in [0.25, 0.3) is 0 Å². The Labute approximate surface area is 197 Å². The number of hydrogen-bond donors (Lipinski definition) is 2. The molecule has 1 aromatic rings. The fourth-order valence-electron chi connectivity index (χ4n) is 2.69. The highest BCUT2D eigenvalue weighted by Gasteiger charge is 2.14. The van der Waals surface area contributed by atoms with E-state index in [9.17, 15) is 4.79 Å². The monoisotopic (exact) mass is 515 g/mol. The molecule has 2 rings (SSSR count). The van der Waals surface area contributed by atoms with E-state index in [-0.39, 0.29) is 12.5 Å². The van der Waals surface area contributed by atoms with E-state index in [2.05, 4.69) is 36.7 Å². The first kappa shape index (κ1) is 25.3. The Morgan fingerprint density at radius 2 is 2.10 bits per heavy atom. The molecule has 1 saturated heterocycles. The molecule has 0 aromatic heterocycles. The van der Waals surface area contributed by atoms with Gasteiger partial charge in [-0.3, -0.25) is 15.1 Å². The Balaban J connectivity index is 1.88. The van der Waals surface area contributed by atoms with E-state index in [0.29, 0.717) is 27.7 Å². The highest BCUT2D eigenvalue weighted by molar-refractivity contribution is 9.10. The Hall–Kier alpha value is -1.95. The molecule has 0 unspecified atom stereocenters. The number of thiocarbonyl (C=S) groups is 1. The van der Waals surface area contributed by atoms with Crippen LogP contribution >= 0.6 is 28.1 Å². The maximum Gasteiger partial charge on any atom is 0.259 e. The zero-order valence-electron chi connectivity index (χ0n) is 18.1. The minimum atomic E-state index is -0.140. The molecule has 1 aliphatic heterocycles. The van der Waals surface area contributed by atoms with Crippen molar-refractivity contribution < 1.29 is 19.0 Å². The van der Waals surface area contributed by atoms with Gasteiger partial charge in [0.25, 0.3) is 5.91 Å². The van der Waals surface area contributed by atoms with Crippen molar-refractivity contribution in [3.63, 3.8) is 0 Å². The van der Waals surface area contributed by atoms with Gasteiger partial charge in [-0.05, 0) is 52.8 Å². The largest absolute Gasteiger partial charge is 0.490 e. The van der Waals surface area contributed by atoms with Gasteiger partial charge in [0.05, 0.1) is 30.5 Å². The number of hydrazone groups is 1. The minimum absolute atomic E-state index is 0.0783. The first-order valence-electron chi connectivity index (χ1n) is 10.1. The van der Waals surface area contributed by atoms with Gasteiger partial charge in [-0.1, -0.05) is 0 Å². The van der Waals surface area contributed by atoms with E-state index >= 15 is 0 Å². The molecule has 1 aliphatic rings. The summed E-state index contributed by atoms with van der Waals surface area (Å²) in [6, 6.07) is 3.63. The summed E-state index contributed by atoms with van der Waals surface area (Å²) >= 11 is 8.75. The Morgan fingerprint density at radius 1 is 1.35 bits per heavy atom. The summed E-state index contributed by atoms with van der Waals surface area (Å²) in [5.41, 5.74) is 3.60. The van der Waals surface area contributed by atoms with Crippen molar-refractivity contribution in [3.8, 4) is 11.5 Å². The van der Waals surface area contributed by atoms with Gasteiger partial charge >= 0.3 is 0 Å². The van der Waals surface area contributed by atoms with Gasteiger partial charge in [0.15, 0.2) is 23.2 Å². The zero-order valence-corrected chi connectivity index (χ0v) is 20.6. The molecule has 1 amide bonds. The number of halogens is 1. The molecule has 1 fully saturated rings. The van der Waals surface area contributed by atoms with Crippen LogP contribution in [0.5, 0.6) is 11.5 Å². The lowest BCUT2D eigenvalue weighted by molar-refractivity contribution is -0.130. The highest BCUT2D eigenvalue weighted by Crippen LogP contribution is 2.36. The van der Waals surface area contributed by atoms with Crippen LogP contribution in [0.1, 0.15) is 12.5 Å². The van der Waals surface area contributed by atoms with E-state index in [1.165, 1.54) is 4.90 Å². The van der Waals surface area contributed by atoms with E-state index in [1.54, 1.807) is 26.4 Å². The number of likely N-dealkylation sites (N-methyl/N-ethyl adjacent to an activating group) is 1. The van der Waals surface area contributed by atoms with Crippen LogP contribution in [0.3, 0.4) is 0 Å². The quantitative estimate of drug-likeness (QED) is 0.275. The number of nitrogens with zero attached hydrogens (tertiary/aromatic N) is 3.